The Balaban J connectivity index is 1.87. The lowest BCUT2D eigenvalue weighted by atomic mass is 9.99. The zero-order valence-electron chi connectivity index (χ0n) is 12.8. The molecule has 0 radical (unpaired) electrons. The molecule has 0 spiro atoms. The SMILES string of the molecule is OC[C@H]1OC(OOOC2O[C@H](CO)[C@H](O)[C@H](O)[C@H]2O)[C@H](O)[C@@H](O)[C@H]1O. The Labute approximate surface area is 141 Å². The van der Waals surface area contributed by atoms with Gasteiger partial charge in [0.05, 0.1) is 13.2 Å². The summed E-state index contributed by atoms with van der Waals surface area (Å²) in [5.74, 6) is 0. The highest BCUT2D eigenvalue weighted by molar-refractivity contribution is 4.89. The summed E-state index contributed by atoms with van der Waals surface area (Å²) in [6.45, 7) is -1.36. The van der Waals surface area contributed by atoms with Gasteiger partial charge < -0.3 is 50.3 Å². The minimum absolute atomic E-state index is 0.682. The number of ether oxygens (including phenoxy) is 2. The van der Waals surface area contributed by atoms with Crippen molar-refractivity contribution in [3.8, 4) is 0 Å². The summed E-state index contributed by atoms with van der Waals surface area (Å²) in [5, 5.41) is 80.1. The molecule has 2 unspecified atom stereocenters. The number of aliphatic hydroxyl groups is 8. The molecule has 0 amide bonds. The van der Waals surface area contributed by atoms with E-state index in [2.05, 4.69) is 14.8 Å². The summed E-state index contributed by atoms with van der Waals surface area (Å²) in [7, 11) is 0. The Kier molecular flexibility index (Phi) is 7.41. The molecule has 2 rings (SSSR count). The second-order valence-electron chi connectivity index (χ2n) is 5.66. The van der Waals surface area contributed by atoms with Crippen molar-refractivity contribution in [3.05, 3.63) is 0 Å². The largest absolute Gasteiger partial charge is 0.394 e. The fourth-order valence-electron chi connectivity index (χ4n) is 2.39. The van der Waals surface area contributed by atoms with Gasteiger partial charge in [-0.15, -0.1) is 0 Å². The normalized spacial score (nSPS) is 48.5. The molecule has 0 aliphatic carbocycles. The van der Waals surface area contributed by atoms with Gasteiger partial charge in [0.15, 0.2) is 0 Å². The van der Waals surface area contributed by atoms with E-state index >= 15 is 0 Å². The molecule has 2 aliphatic rings. The number of hydrogen-bond acceptors (Lipinski definition) is 13. The lowest BCUT2D eigenvalue weighted by Gasteiger charge is -2.40. The average molecular weight is 374 g/mol. The van der Waals surface area contributed by atoms with E-state index in [4.69, 9.17) is 19.7 Å². The van der Waals surface area contributed by atoms with Crippen LogP contribution in [-0.2, 0) is 24.3 Å². The molecule has 8 N–H and O–H groups in total. The maximum Gasteiger partial charge on any atom is 0.223 e. The minimum atomic E-state index is -1.75. The molecule has 0 aromatic carbocycles. The van der Waals surface area contributed by atoms with Gasteiger partial charge in [0.1, 0.15) is 48.8 Å². The highest BCUT2D eigenvalue weighted by Gasteiger charge is 2.47. The third-order valence-corrected chi connectivity index (χ3v) is 3.97. The number of hydrogen-bond donors (Lipinski definition) is 8. The van der Waals surface area contributed by atoms with Crippen LogP contribution in [0.15, 0.2) is 0 Å². The molecule has 2 fully saturated rings. The van der Waals surface area contributed by atoms with Crippen LogP contribution in [0.3, 0.4) is 0 Å². The van der Waals surface area contributed by atoms with Gasteiger partial charge in [-0.1, -0.05) is 5.04 Å². The van der Waals surface area contributed by atoms with E-state index in [1.165, 1.54) is 0 Å². The highest BCUT2D eigenvalue weighted by Crippen LogP contribution is 2.24. The smallest absolute Gasteiger partial charge is 0.223 e. The molecule has 0 aromatic rings. The molecule has 2 heterocycles. The standard InChI is InChI=1S/C12H22O13/c13-1-3-5(15)7(17)9(19)11(21-3)23-25-24-12-10(20)8(18)6(16)4(2-14)22-12/h3-20H,1-2H2/t3-,4-,5+,6+,7+,8+,9-,10-,11?,12?/m1/s1. The maximum atomic E-state index is 9.70. The Morgan fingerprint density at radius 1 is 0.560 bits per heavy atom. The predicted molar refractivity (Wildman–Crippen MR) is 70.8 cm³/mol. The van der Waals surface area contributed by atoms with Crippen molar-refractivity contribution in [2.45, 2.75) is 61.4 Å². The van der Waals surface area contributed by atoms with Gasteiger partial charge >= 0.3 is 0 Å². The molecule has 2 aliphatic heterocycles. The minimum Gasteiger partial charge on any atom is -0.394 e. The lowest BCUT2D eigenvalue weighted by molar-refractivity contribution is -0.595. The van der Waals surface area contributed by atoms with Crippen LogP contribution in [0.25, 0.3) is 0 Å². The fraction of sp³-hybridized carbons (Fsp3) is 1.00. The molecular weight excluding hydrogens is 352 g/mol. The van der Waals surface area contributed by atoms with Crippen LogP contribution in [0.2, 0.25) is 0 Å². The van der Waals surface area contributed by atoms with Crippen LogP contribution in [0.1, 0.15) is 0 Å². The summed E-state index contributed by atoms with van der Waals surface area (Å²) < 4.78 is 9.91. The Morgan fingerprint density at radius 3 is 1.24 bits per heavy atom. The van der Waals surface area contributed by atoms with Crippen LogP contribution < -0.4 is 0 Å². The summed E-state index contributed by atoms with van der Waals surface area (Å²) >= 11 is 0. The van der Waals surface area contributed by atoms with Gasteiger partial charge in [-0.25, -0.2) is 0 Å². The van der Waals surface area contributed by atoms with Gasteiger partial charge in [0.25, 0.3) is 0 Å². The molecule has 10 atom stereocenters. The van der Waals surface area contributed by atoms with Crippen LogP contribution in [-0.4, -0.2) is 115 Å². The molecular formula is C12H22O13. The van der Waals surface area contributed by atoms with E-state index in [1.807, 2.05) is 0 Å². The van der Waals surface area contributed by atoms with E-state index in [9.17, 15) is 30.6 Å². The number of rotatable bonds is 6. The summed E-state index contributed by atoms with van der Waals surface area (Å²) in [6, 6.07) is 0. The van der Waals surface area contributed by atoms with Gasteiger partial charge in [0.2, 0.25) is 12.6 Å². The van der Waals surface area contributed by atoms with Crippen molar-refractivity contribution >= 4 is 0 Å². The van der Waals surface area contributed by atoms with Crippen molar-refractivity contribution in [1.82, 2.24) is 0 Å². The second-order valence-corrected chi connectivity index (χ2v) is 5.66. The van der Waals surface area contributed by atoms with Crippen LogP contribution >= 0.6 is 0 Å². The molecule has 25 heavy (non-hydrogen) atoms. The zero-order valence-corrected chi connectivity index (χ0v) is 12.8. The first-order valence-corrected chi connectivity index (χ1v) is 7.41. The van der Waals surface area contributed by atoms with Crippen molar-refractivity contribution in [2.75, 3.05) is 13.2 Å². The van der Waals surface area contributed by atoms with Crippen molar-refractivity contribution in [2.24, 2.45) is 0 Å². The quantitative estimate of drug-likeness (QED) is 0.161. The third-order valence-electron chi connectivity index (χ3n) is 3.97. The fourth-order valence-corrected chi connectivity index (χ4v) is 2.39. The molecule has 0 bridgehead atoms. The molecule has 13 heteroatoms. The molecule has 0 saturated carbocycles. The molecule has 148 valence electrons. The summed E-state index contributed by atoms with van der Waals surface area (Å²) in [4.78, 5) is 9.11. The van der Waals surface area contributed by atoms with Gasteiger partial charge in [-0.2, -0.15) is 9.78 Å². The topological polar surface area (TPSA) is 208 Å². The van der Waals surface area contributed by atoms with E-state index in [1.54, 1.807) is 0 Å². The van der Waals surface area contributed by atoms with Crippen molar-refractivity contribution < 1.29 is 65.1 Å². The lowest BCUT2D eigenvalue weighted by Crippen LogP contribution is -2.60. The van der Waals surface area contributed by atoms with E-state index in [0.29, 0.717) is 0 Å². The number of aliphatic hydroxyl groups excluding tert-OH is 8. The Morgan fingerprint density at radius 2 is 0.920 bits per heavy atom. The Hall–Kier alpha value is -0.520. The first kappa shape index (κ1) is 20.8. The molecule has 2 saturated heterocycles. The van der Waals surface area contributed by atoms with Crippen molar-refractivity contribution in [1.29, 1.82) is 0 Å². The van der Waals surface area contributed by atoms with Crippen LogP contribution in [0.4, 0.5) is 0 Å². The maximum absolute atomic E-state index is 9.70. The van der Waals surface area contributed by atoms with Crippen LogP contribution in [0, 0.1) is 0 Å². The highest BCUT2D eigenvalue weighted by atomic mass is 17.5. The third kappa shape index (κ3) is 4.42. The van der Waals surface area contributed by atoms with E-state index in [-0.39, 0.29) is 0 Å². The van der Waals surface area contributed by atoms with E-state index in [0.717, 1.165) is 0 Å². The van der Waals surface area contributed by atoms with Gasteiger partial charge in [-0.3, -0.25) is 0 Å². The van der Waals surface area contributed by atoms with Gasteiger partial charge in [-0.05, 0) is 0 Å². The zero-order chi connectivity index (χ0) is 18.7. The predicted octanol–water partition coefficient (Wildman–Crippen LogP) is -5.53. The average Bonchev–Trinajstić information content (AvgIpc) is 2.61. The summed E-state index contributed by atoms with van der Waals surface area (Å²) in [6.07, 6.45) is -15.9. The monoisotopic (exact) mass is 374 g/mol. The molecule has 13 nitrogen and oxygen atoms in total. The van der Waals surface area contributed by atoms with Crippen LogP contribution in [0.5, 0.6) is 0 Å². The molecule has 0 aromatic heterocycles. The summed E-state index contributed by atoms with van der Waals surface area (Å²) in [5.41, 5.74) is 0. The second kappa shape index (κ2) is 8.92. The van der Waals surface area contributed by atoms with Crippen molar-refractivity contribution in [3.63, 3.8) is 0 Å². The Bertz CT molecular complexity index is 370. The first-order valence-electron chi connectivity index (χ1n) is 7.41. The van der Waals surface area contributed by atoms with Gasteiger partial charge in [0, 0.05) is 0 Å². The van der Waals surface area contributed by atoms with E-state index < -0.39 is 74.6 Å². The first-order chi connectivity index (χ1) is 11.8.